The second-order valence-electron chi connectivity index (χ2n) is 5.64. The summed E-state index contributed by atoms with van der Waals surface area (Å²) < 4.78 is 5.19. The quantitative estimate of drug-likeness (QED) is 0.844. The maximum absolute atomic E-state index is 12.8. The molecule has 0 N–H and O–H groups in total. The molecule has 1 fully saturated rings. The van der Waals surface area contributed by atoms with E-state index in [0.717, 1.165) is 24.3 Å². The van der Waals surface area contributed by atoms with Gasteiger partial charge in [0, 0.05) is 31.7 Å². The van der Waals surface area contributed by atoms with E-state index >= 15 is 0 Å². The average molecular weight is 336 g/mol. The van der Waals surface area contributed by atoms with E-state index in [1.165, 1.54) is 11.8 Å². The van der Waals surface area contributed by atoms with E-state index in [9.17, 15) is 9.59 Å². The Balaban J connectivity index is 2.04. The minimum Gasteiger partial charge on any atom is -0.497 e. The number of benzene rings is 1. The number of nitrogens with zero attached hydrogens (tertiary/aromatic N) is 2. The van der Waals surface area contributed by atoms with Crippen LogP contribution in [0.1, 0.15) is 22.3 Å². The summed E-state index contributed by atoms with van der Waals surface area (Å²) >= 11 is 1.54. The molecule has 23 heavy (non-hydrogen) atoms. The van der Waals surface area contributed by atoms with Crippen molar-refractivity contribution in [2.45, 2.75) is 13.3 Å². The lowest BCUT2D eigenvalue weighted by atomic mass is 10.1. The molecule has 0 radical (unpaired) electrons. The van der Waals surface area contributed by atoms with Gasteiger partial charge in [-0.3, -0.25) is 9.59 Å². The highest BCUT2D eigenvalue weighted by Gasteiger charge is 2.23. The van der Waals surface area contributed by atoms with Gasteiger partial charge < -0.3 is 14.5 Å². The van der Waals surface area contributed by atoms with Crippen LogP contribution < -0.4 is 4.74 Å². The predicted octanol–water partition coefficient (Wildman–Crippen LogP) is 2.04. The van der Waals surface area contributed by atoms with E-state index in [4.69, 9.17) is 4.74 Å². The van der Waals surface area contributed by atoms with Crippen LogP contribution in [0.5, 0.6) is 5.75 Å². The van der Waals surface area contributed by atoms with Gasteiger partial charge in [0.2, 0.25) is 5.91 Å². The van der Waals surface area contributed by atoms with Crippen LogP contribution in [0.2, 0.25) is 0 Å². The summed E-state index contributed by atoms with van der Waals surface area (Å²) in [6, 6.07) is 5.50. The number of methoxy groups -OCH3 is 1. The maximum Gasteiger partial charge on any atom is 0.254 e. The fourth-order valence-corrected chi connectivity index (χ4v) is 3.19. The molecule has 1 heterocycles. The molecule has 0 saturated carbocycles. The van der Waals surface area contributed by atoms with Gasteiger partial charge in [0.05, 0.1) is 12.9 Å². The molecule has 2 amide bonds. The molecular weight excluding hydrogens is 312 g/mol. The largest absolute Gasteiger partial charge is 0.497 e. The molecule has 1 aromatic rings. The third-order valence-corrected chi connectivity index (χ3v) is 4.60. The molecule has 126 valence electrons. The zero-order valence-corrected chi connectivity index (χ0v) is 14.8. The summed E-state index contributed by atoms with van der Waals surface area (Å²) in [4.78, 5) is 28.5. The molecule has 1 aliphatic heterocycles. The number of carbonyl (C=O) groups excluding carboxylic acids is 2. The van der Waals surface area contributed by atoms with Crippen LogP contribution in [0.3, 0.4) is 0 Å². The molecule has 5 nitrogen and oxygen atoms in total. The monoisotopic (exact) mass is 336 g/mol. The van der Waals surface area contributed by atoms with Crippen molar-refractivity contribution in [2.75, 3.05) is 45.3 Å². The van der Waals surface area contributed by atoms with E-state index in [2.05, 4.69) is 0 Å². The van der Waals surface area contributed by atoms with E-state index in [-0.39, 0.29) is 11.8 Å². The van der Waals surface area contributed by atoms with Gasteiger partial charge in [-0.1, -0.05) is 0 Å². The lowest BCUT2D eigenvalue weighted by Gasteiger charge is -2.23. The van der Waals surface area contributed by atoms with Crippen LogP contribution >= 0.6 is 11.8 Å². The first-order chi connectivity index (χ1) is 11.1. The Bertz CT molecular complexity index is 577. The van der Waals surface area contributed by atoms with Gasteiger partial charge in [0.15, 0.2) is 0 Å². The third-order valence-electron chi connectivity index (χ3n) is 4.07. The molecule has 0 atom stereocenters. The summed E-state index contributed by atoms with van der Waals surface area (Å²) in [5, 5.41) is 0. The highest BCUT2D eigenvalue weighted by atomic mass is 32.2. The van der Waals surface area contributed by atoms with Crippen molar-refractivity contribution in [2.24, 2.45) is 0 Å². The van der Waals surface area contributed by atoms with E-state index in [1.807, 2.05) is 41.2 Å². The Morgan fingerprint density at radius 2 is 1.87 bits per heavy atom. The van der Waals surface area contributed by atoms with Crippen molar-refractivity contribution in [1.82, 2.24) is 9.80 Å². The minimum atomic E-state index is 0.0318. The smallest absolute Gasteiger partial charge is 0.254 e. The Morgan fingerprint density at radius 1 is 1.17 bits per heavy atom. The van der Waals surface area contributed by atoms with Crippen LogP contribution in [0.4, 0.5) is 0 Å². The lowest BCUT2D eigenvalue weighted by Crippen LogP contribution is -2.38. The Kier molecular flexibility index (Phi) is 6.33. The molecule has 0 bridgehead atoms. The van der Waals surface area contributed by atoms with Gasteiger partial charge in [0.1, 0.15) is 5.75 Å². The van der Waals surface area contributed by atoms with Gasteiger partial charge in [0.25, 0.3) is 5.91 Å². The molecular formula is C17H24N2O3S. The molecule has 0 aromatic heterocycles. The maximum atomic E-state index is 12.8. The number of amides is 2. The first kappa shape index (κ1) is 17.7. The van der Waals surface area contributed by atoms with Crippen LogP contribution in [-0.2, 0) is 4.79 Å². The summed E-state index contributed by atoms with van der Waals surface area (Å²) in [5.74, 6) is 1.45. The number of ether oxygens (including phenoxy) is 1. The zero-order valence-electron chi connectivity index (χ0n) is 14.0. The summed E-state index contributed by atoms with van der Waals surface area (Å²) in [6.45, 7) is 4.53. The fraction of sp³-hybridized carbons (Fsp3) is 0.529. The SMILES string of the molecule is COc1ccc(C(=O)N2CCCN(C(=O)CSC)CC2)c(C)c1. The standard InChI is InChI=1S/C17H24N2O3S/c1-13-11-14(22-2)5-6-15(13)17(21)19-8-4-7-18(9-10-19)16(20)12-23-3/h5-6,11H,4,7-10,12H2,1-3H3. The second kappa shape index (κ2) is 8.24. The van der Waals surface area contributed by atoms with E-state index < -0.39 is 0 Å². The highest BCUT2D eigenvalue weighted by Crippen LogP contribution is 2.19. The first-order valence-electron chi connectivity index (χ1n) is 7.77. The second-order valence-corrected chi connectivity index (χ2v) is 6.51. The molecule has 6 heteroatoms. The third kappa shape index (κ3) is 4.41. The predicted molar refractivity (Wildman–Crippen MR) is 93.2 cm³/mol. The number of aryl methyl sites for hydroxylation is 1. The molecule has 1 saturated heterocycles. The highest BCUT2D eigenvalue weighted by molar-refractivity contribution is 7.99. The van der Waals surface area contributed by atoms with E-state index in [0.29, 0.717) is 31.0 Å². The molecule has 2 rings (SSSR count). The number of rotatable bonds is 4. The molecule has 1 aromatic carbocycles. The Hall–Kier alpha value is -1.69. The molecule has 0 unspecified atom stereocenters. The van der Waals surface area contributed by atoms with Gasteiger partial charge in [-0.25, -0.2) is 0 Å². The van der Waals surface area contributed by atoms with Crippen molar-refractivity contribution in [3.8, 4) is 5.75 Å². The Labute approximate surface area is 142 Å². The fourth-order valence-electron chi connectivity index (χ4n) is 2.76. The van der Waals surface area contributed by atoms with E-state index in [1.54, 1.807) is 7.11 Å². The average Bonchev–Trinajstić information content (AvgIpc) is 2.80. The van der Waals surface area contributed by atoms with Gasteiger partial charge >= 0.3 is 0 Å². The number of carbonyl (C=O) groups is 2. The zero-order chi connectivity index (χ0) is 16.8. The normalized spacial score (nSPS) is 15.3. The minimum absolute atomic E-state index is 0.0318. The lowest BCUT2D eigenvalue weighted by molar-refractivity contribution is -0.128. The molecule has 1 aliphatic rings. The van der Waals surface area contributed by atoms with Gasteiger partial charge in [-0.2, -0.15) is 11.8 Å². The summed E-state index contributed by atoms with van der Waals surface area (Å²) in [5.41, 5.74) is 1.61. The van der Waals surface area contributed by atoms with Crippen molar-refractivity contribution in [1.29, 1.82) is 0 Å². The van der Waals surface area contributed by atoms with Crippen LogP contribution in [0.25, 0.3) is 0 Å². The van der Waals surface area contributed by atoms with Crippen molar-refractivity contribution < 1.29 is 14.3 Å². The summed E-state index contributed by atoms with van der Waals surface area (Å²) in [7, 11) is 1.62. The number of thioether (sulfide) groups is 1. The first-order valence-corrected chi connectivity index (χ1v) is 9.17. The molecule has 0 spiro atoms. The van der Waals surface area contributed by atoms with Crippen molar-refractivity contribution in [3.63, 3.8) is 0 Å². The van der Waals surface area contributed by atoms with Gasteiger partial charge in [-0.05, 0) is 43.4 Å². The number of hydrogen-bond donors (Lipinski definition) is 0. The van der Waals surface area contributed by atoms with Crippen molar-refractivity contribution in [3.05, 3.63) is 29.3 Å². The van der Waals surface area contributed by atoms with Crippen molar-refractivity contribution >= 4 is 23.6 Å². The topological polar surface area (TPSA) is 49.9 Å². The van der Waals surface area contributed by atoms with Crippen LogP contribution in [0.15, 0.2) is 18.2 Å². The number of hydrogen-bond acceptors (Lipinski definition) is 4. The van der Waals surface area contributed by atoms with Crippen LogP contribution in [-0.4, -0.2) is 66.9 Å². The molecule has 0 aliphatic carbocycles. The van der Waals surface area contributed by atoms with Crippen LogP contribution in [0, 0.1) is 6.92 Å². The van der Waals surface area contributed by atoms with Gasteiger partial charge in [-0.15, -0.1) is 0 Å². The summed E-state index contributed by atoms with van der Waals surface area (Å²) in [6.07, 6.45) is 2.75. The Morgan fingerprint density at radius 3 is 2.52 bits per heavy atom.